The van der Waals surface area contributed by atoms with Crippen LogP contribution in [0.2, 0.25) is 0 Å². The Morgan fingerprint density at radius 2 is 2.04 bits per heavy atom. The van der Waals surface area contributed by atoms with Crippen molar-refractivity contribution in [3.05, 3.63) is 29.8 Å². The Hall–Kier alpha value is -1.02. The van der Waals surface area contributed by atoms with Gasteiger partial charge in [-0.05, 0) is 56.2 Å². The molecule has 0 heterocycles. The standard InChI is InChI=1S/C20H33N3O2.HI/c1-4-21-19(23-16-20(10-7-11-20)12-13-24-3)22-15-17-8-6-9-18(14-17)25-5-2;/h6,8-9,14H,4-5,7,10-13,15-16H2,1-3H3,(H2,21,22,23);1H. The highest BCUT2D eigenvalue weighted by Crippen LogP contribution is 2.43. The van der Waals surface area contributed by atoms with E-state index in [2.05, 4.69) is 29.7 Å². The number of aliphatic imine (C=N–C) groups is 1. The summed E-state index contributed by atoms with van der Waals surface area (Å²) in [5.41, 5.74) is 1.53. The summed E-state index contributed by atoms with van der Waals surface area (Å²) in [6.45, 7) is 8.06. The number of benzene rings is 1. The Labute approximate surface area is 175 Å². The van der Waals surface area contributed by atoms with E-state index in [1.807, 2.05) is 19.1 Å². The molecule has 0 aliphatic heterocycles. The van der Waals surface area contributed by atoms with E-state index < -0.39 is 0 Å². The van der Waals surface area contributed by atoms with Gasteiger partial charge in [-0.15, -0.1) is 24.0 Å². The van der Waals surface area contributed by atoms with Crippen LogP contribution in [-0.4, -0.2) is 39.4 Å². The average Bonchev–Trinajstić information content (AvgIpc) is 2.59. The van der Waals surface area contributed by atoms with Crippen molar-refractivity contribution < 1.29 is 9.47 Å². The molecule has 0 unspecified atom stereocenters. The van der Waals surface area contributed by atoms with Crippen molar-refractivity contribution in [3.63, 3.8) is 0 Å². The minimum absolute atomic E-state index is 0. The number of methoxy groups -OCH3 is 1. The summed E-state index contributed by atoms with van der Waals surface area (Å²) in [5.74, 6) is 1.79. The summed E-state index contributed by atoms with van der Waals surface area (Å²) in [4.78, 5) is 4.73. The lowest BCUT2D eigenvalue weighted by molar-refractivity contribution is 0.0732. The monoisotopic (exact) mass is 475 g/mol. The zero-order chi connectivity index (χ0) is 18.0. The van der Waals surface area contributed by atoms with Crippen LogP contribution in [0.3, 0.4) is 0 Å². The number of ether oxygens (including phenoxy) is 2. The Morgan fingerprint density at radius 1 is 1.23 bits per heavy atom. The molecule has 1 aromatic rings. The van der Waals surface area contributed by atoms with Crippen LogP contribution in [0.5, 0.6) is 5.75 Å². The number of halogens is 1. The highest BCUT2D eigenvalue weighted by atomic mass is 127. The van der Waals surface area contributed by atoms with Gasteiger partial charge in [0.2, 0.25) is 0 Å². The van der Waals surface area contributed by atoms with Gasteiger partial charge in [-0.2, -0.15) is 0 Å². The Bertz CT molecular complexity index is 548. The van der Waals surface area contributed by atoms with E-state index in [9.17, 15) is 0 Å². The first-order valence-electron chi connectivity index (χ1n) is 9.44. The lowest BCUT2D eigenvalue weighted by Crippen LogP contribution is -2.46. The third-order valence-electron chi connectivity index (χ3n) is 4.85. The van der Waals surface area contributed by atoms with Crippen molar-refractivity contribution in [2.24, 2.45) is 10.4 Å². The molecule has 1 fully saturated rings. The van der Waals surface area contributed by atoms with Gasteiger partial charge in [-0.3, -0.25) is 0 Å². The molecule has 6 heteroatoms. The minimum Gasteiger partial charge on any atom is -0.494 e. The quantitative estimate of drug-likeness (QED) is 0.306. The van der Waals surface area contributed by atoms with Crippen molar-refractivity contribution in [2.45, 2.75) is 46.1 Å². The maximum Gasteiger partial charge on any atom is 0.191 e. The fraction of sp³-hybridized carbons (Fsp3) is 0.650. The summed E-state index contributed by atoms with van der Waals surface area (Å²) in [6.07, 6.45) is 4.99. The van der Waals surface area contributed by atoms with Crippen LogP contribution in [-0.2, 0) is 11.3 Å². The SMILES string of the molecule is CCNC(=NCc1cccc(OCC)c1)NCC1(CCOC)CCC1.I. The molecule has 26 heavy (non-hydrogen) atoms. The zero-order valence-electron chi connectivity index (χ0n) is 16.3. The molecule has 0 saturated heterocycles. The van der Waals surface area contributed by atoms with Gasteiger partial charge in [-0.25, -0.2) is 4.99 Å². The van der Waals surface area contributed by atoms with Crippen LogP contribution in [0.15, 0.2) is 29.3 Å². The number of rotatable bonds is 10. The molecule has 148 valence electrons. The largest absolute Gasteiger partial charge is 0.494 e. The number of guanidine groups is 1. The normalized spacial score (nSPS) is 15.6. The Kier molecular flexibility index (Phi) is 11.0. The number of nitrogens with one attached hydrogen (secondary N) is 2. The average molecular weight is 475 g/mol. The molecule has 0 atom stereocenters. The van der Waals surface area contributed by atoms with Gasteiger partial charge in [0.1, 0.15) is 5.75 Å². The predicted molar refractivity (Wildman–Crippen MR) is 119 cm³/mol. The maximum absolute atomic E-state index is 5.56. The van der Waals surface area contributed by atoms with E-state index in [1.54, 1.807) is 7.11 Å². The van der Waals surface area contributed by atoms with Gasteiger partial charge in [0.15, 0.2) is 5.96 Å². The highest BCUT2D eigenvalue weighted by Gasteiger charge is 2.36. The summed E-state index contributed by atoms with van der Waals surface area (Å²) in [5, 5.41) is 6.88. The van der Waals surface area contributed by atoms with E-state index >= 15 is 0 Å². The summed E-state index contributed by atoms with van der Waals surface area (Å²) in [7, 11) is 1.78. The van der Waals surface area contributed by atoms with Crippen LogP contribution >= 0.6 is 24.0 Å². The molecular formula is C20H34IN3O2. The molecule has 1 saturated carbocycles. The maximum atomic E-state index is 5.56. The van der Waals surface area contributed by atoms with Crippen LogP contribution in [0.1, 0.15) is 45.1 Å². The fourth-order valence-corrected chi connectivity index (χ4v) is 3.19. The summed E-state index contributed by atoms with van der Waals surface area (Å²) >= 11 is 0. The molecule has 5 nitrogen and oxygen atoms in total. The van der Waals surface area contributed by atoms with E-state index in [0.717, 1.165) is 43.4 Å². The fourth-order valence-electron chi connectivity index (χ4n) is 3.19. The minimum atomic E-state index is 0. The molecule has 0 amide bonds. The Morgan fingerprint density at radius 3 is 2.65 bits per heavy atom. The van der Waals surface area contributed by atoms with Crippen molar-refractivity contribution in [2.75, 3.05) is 33.4 Å². The number of hydrogen-bond acceptors (Lipinski definition) is 3. The molecule has 0 spiro atoms. The topological polar surface area (TPSA) is 54.9 Å². The molecule has 0 aromatic heterocycles. The van der Waals surface area contributed by atoms with Crippen LogP contribution < -0.4 is 15.4 Å². The second-order valence-electron chi connectivity index (χ2n) is 6.73. The van der Waals surface area contributed by atoms with Crippen molar-refractivity contribution >= 4 is 29.9 Å². The Balaban J connectivity index is 0.00000338. The first-order valence-corrected chi connectivity index (χ1v) is 9.44. The first-order chi connectivity index (χ1) is 12.2. The lowest BCUT2D eigenvalue weighted by Gasteiger charge is -2.42. The van der Waals surface area contributed by atoms with Gasteiger partial charge in [0.05, 0.1) is 13.2 Å². The van der Waals surface area contributed by atoms with E-state index in [-0.39, 0.29) is 24.0 Å². The molecule has 0 bridgehead atoms. The van der Waals surface area contributed by atoms with Crippen molar-refractivity contribution in [3.8, 4) is 5.75 Å². The van der Waals surface area contributed by atoms with Gasteiger partial charge < -0.3 is 20.1 Å². The number of hydrogen-bond donors (Lipinski definition) is 2. The zero-order valence-corrected chi connectivity index (χ0v) is 18.7. The smallest absolute Gasteiger partial charge is 0.191 e. The highest BCUT2D eigenvalue weighted by molar-refractivity contribution is 14.0. The second kappa shape index (κ2) is 12.4. The summed E-state index contributed by atoms with van der Waals surface area (Å²) in [6, 6.07) is 8.14. The molecular weight excluding hydrogens is 441 g/mol. The van der Waals surface area contributed by atoms with E-state index in [1.165, 1.54) is 19.3 Å². The predicted octanol–water partition coefficient (Wildman–Crippen LogP) is 3.97. The van der Waals surface area contributed by atoms with Gasteiger partial charge >= 0.3 is 0 Å². The second-order valence-corrected chi connectivity index (χ2v) is 6.73. The first kappa shape index (κ1) is 23.0. The van der Waals surface area contributed by atoms with Gasteiger partial charge in [-0.1, -0.05) is 18.6 Å². The summed E-state index contributed by atoms with van der Waals surface area (Å²) < 4.78 is 10.8. The van der Waals surface area contributed by atoms with Crippen LogP contribution in [0.4, 0.5) is 0 Å². The van der Waals surface area contributed by atoms with Crippen molar-refractivity contribution in [1.29, 1.82) is 0 Å². The lowest BCUT2D eigenvalue weighted by atomic mass is 9.67. The van der Waals surface area contributed by atoms with Crippen molar-refractivity contribution in [1.82, 2.24) is 10.6 Å². The van der Waals surface area contributed by atoms with Gasteiger partial charge in [0.25, 0.3) is 0 Å². The third kappa shape index (κ3) is 7.31. The molecule has 2 N–H and O–H groups in total. The van der Waals surface area contributed by atoms with Gasteiger partial charge in [0, 0.05) is 26.8 Å². The third-order valence-corrected chi connectivity index (χ3v) is 4.85. The molecule has 1 aliphatic carbocycles. The van der Waals surface area contributed by atoms with E-state index in [0.29, 0.717) is 18.6 Å². The molecule has 1 aliphatic rings. The molecule has 2 rings (SSSR count). The van der Waals surface area contributed by atoms with Crippen LogP contribution in [0, 0.1) is 5.41 Å². The number of nitrogens with zero attached hydrogens (tertiary/aromatic N) is 1. The molecule has 1 aromatic carbocycles. The van der Waals surface area contributed by atoms with Crippen LogP contribution in [0.25, 0.3) is 0 Å². The van der Waals surface area contributed by atoms with E-state index in [4.69, 9.17) is 14.5 Å². The molecule has 0 radical (unpaired) electrons.